The van der Waals surface area contributed by atoms with E-state index >= 15 is 0 Å². The van der Waals surface area contributed by atoms with E-state index in [4.69, 9.17) is 4.74 Å². The Morgan fingerprint density at radius 2 is 1.78 bits per heavy atom. The highest BCUT2D eigenvalue weighted by Gasteiger charge is 2.11. The van der Waals surface area contributed by atoms with Crippen LogP contribution in [0.1, 0.15) is 27.9 Å². The first-order valence-electron chi connectivity index (χ1n) is 9.20. The van der Waals surface area contributed by atoms with Gasteiger partial charge in [-0.15, -0.1) is 0 Å². The van der Waals surface area contributed by atoms with E-state index in [2.05, 4.69) is 27.4 Å². The number of fused-ring (bicyclic) bond motifs is 1. The Bertz CT molecular complexity index is 924. The van der Waals surface area contributed by atoms with Gasteiger partial charge in [-0.2, -0.15) is 0 Å². The lowest BCUT2D eigenvalue weighted by atomic mass is 10.1. The van der Waals surface area contributed by atoms with Gasteiger partial charge in [-0.25, -0.2) is 9.97 Å². The van der Waals surface area contributed by atoms with Crippen LogP contribution in [0, 0.1) is 0 Å². The standard InChI is InChI=1S/C22H21N3O2/c26-22(19-14-24-21(25-15-19)17-5-2-1-3-6-17)23-11-12-27-20-10-9-16-7-4-8-18(16)13-20/h1-3,5-6,9-10,13-15H,4,7-8,11-12H2,(H,23,26). The number of hydrogen-bond donors (Lipinski definition) is 1. The van der Waals surface area contributed by atoms with Crippen LogP contribution in [0.5, 0.6) is 5.75 Å². The number of aryl methyl sites for hydroxylation is 2. The lowest BCUT2D eigenvalue weighted by Crippen LogP contribution is -2.28. The Labute approximate surface area is 158 Å². The first kappa shape index (κ1) is 17.2. The van der Waals surface area contributed by atoms with Crippen LogP contribution >= 0.6 is 0 Å². The Balaban J connectivity index is 1.27. The van der Waals surface area contributed by atoms with E-state index in [1.807, 2.05) is 36.4 Å². The predicted molar refractivity (Wildman–Crippen MR) is 104 cm³/mol. The van der Waals surface area contributed by atoms with Gasteiger partial charge in [0, 0.05) is 18.0 Å². The average Bonchev–Trinajstić information content (AvgIpc) is 3.20. The van der Waals surface area contributed by atoms with Gasteiger partial charge in [0.05, 0.1) is 12.1 Å². The monoisotopic (exact) mass is 359 g/mol. The summed E-state index contributed by atoms with van der Waals surface area (Å²) in [4.78, 5) is 20.8. The smallest absolute Gasteiger partial charge is 0.254 e. The quantitative estimate of drug-likeness (QED) is 0.685. The minimum atomic E-state index is -0.202. The molecule has 0 spiro atoms. The number of amides is 1. The summed E-state index contributed by atoms with van der Waals surface area (Å²) in [5.41, 5.74) is 4.17. The van der Waals surface area contributed by atoms with Crippen molar-refractivity contribution in [3.63, 3.8) is 0 Å². The maximum absolute atomic E-state index is 12.2. The summed E-state index contributed by atoms with van der Waals surface area (Å²) in [5, 5.41) is 2.84. The molecule has 1 aromatic heterocycles. The molecule has 1 N–H and O–H groups in total. The summed E-state index contributed by atoms with van der Waals surface area (Å²) in [7, 11) is 0. The molecule has 1 aliphatic carbocycles. The van der Waals surface area contributed by atoms with Crippen molar-refractivity contribution in [1.82, 2.24) is 15.3 Å². The molecule has 0 unspecified atom stereocenters. The zero-order valence-electron chi connectivity index (χ0n) is 15.0. The van der Waals surface area contributed by atoms with Crippen LogP contribution in [0.4, 0.5) is 0 Å². The van der Waals surface area contributed by atoms with E-state index in [-0.39, 0.29) is 5.91 Å². The van der Waals surface area contributed by atoms with Crippen molar-refractivity contribution in [3.8, 4) is 17.1 Å². The minimum absolute atomic E-state index is 0.202. The van der Waals surface area contributed by atoms with Crippen molar-refractivity contribution in [2.75, 3.05) is 13.2 Å². The number of aromatic nitrogens is 2. The Hall–Kier alpha value is -3.21. The van der Waals surface area contributed by atoms with Crippen LogP contribution in [-0.2, 0) is 12.8 Å². The van der Waals surface area contributed by atoms with Crippen LogP contribution in [0.2, 0.25) is 0 Å². The molecule has 0 aliphatic heterocycles. The van der Waals surface area contributed by atoms with Gasteiger partial charge < -0.3 is 10.1 Å². The van der Waals surface area contributed by atoms with E-state index in [9.17, 15) is 4.79 Å². The van der Waals surface area contributed by atoms with Crippen LogP contribution in [0.3, 0.4) is 0 Å². The molecule has 1 amide bonds. The highest BCUT2D eigenvalue weighted by molar-refractivity contribution is 5.93. The Morgan fingerprint density at radius 1 is 1.00 bits per heavy atom. The van der Waals surface area contributed by atoms with Gasteiger partial charge >= 0.3 is 0 Å². The summed E-state index contributed by atoms with van der Waals surface area (Å²) in [6.07, 6.45) is 6.61. The second kappa shape index (κ2) is 7.99. The number of ether oxygens (including phenoxy) is 1. The molecule has 0 atom stereocenters. The molecule has 3 aromatic rings. The van der Waals surface area contributed by atoms with Crippen LogP contribution in [-0.4, -0.2) is 29.0 Å². The maximum atomic E-state index is 12.2. The van der Waals surface area contributed by atoms with Gasteiger partial charge in [-0.3, -0.25) is 4.79 Å². The second-order valence-electron chi connectivity index (χ2n) is 6.55. The second-order valence-corrected chi connectivity index (χ2v) is 6.55. The molecule has 0 saturated heterocycles. The summed E-state index contributed by atoms with van der Waals surface area (Å²) >= 11 is 0. The molecule has 0 radical (unpaired) electrons. The zero-order chi connectivity index (χ0) is 18.5. The van der Waals surface area contributed by atoms with Crippen molar-refractivity contribution >= 4 is 5.91 Å². The SMILES string of the molecule is O=C(NCCOc1ccc2c(c1)CCC2)c1cnc(-c2ccccc2)nc1. The molecule has 0 fully saturated rings. The number of nitrogens with one attached hydrogen (secondary N) is 1. The molecule has 4 rings (SSSR count). The molecular weight excluding hydrogens is 338 g/mol. The molecule has 0 saturated carbocycles. The Morgan fingerprint density at radius 3 is 2.59 bits per heavy atom. The first-order chi connectivity index (χ1) is 13.3. The van der Waals surface area contributed by atoms with Crippen molar-refractivity contribution < 1.29 is 9.53 Å². The minimum Gasteiger partial charge on any atom is -0.492 e. The van der Waals surface area contributed by atoms with Crippen molar-refractivity contribution in [1.29, 1.82) is 0 Å². The third kappa shape index (κ3) is 4.14. The maximum Gasteiger partial charge on any atom is 0.254 e. The van der Waals surface area contributed by atoms with Gasteiger partial charge in [-0.05, 0) is 42.5 Å². The molecule has 5 heteroatoms. The molecule has 2 aromatic carbocycles. The largest absolute Gasteiger partial charge is 0.492 e. The van der Waals surface area contributed by atoms with Crippen molar-refractivity contribution in [3.05, 3.63) is 77.6 Å². The van der Waals surface area contributed by atoms with Gasteiger partial charge in [0.2, 0.25) is 0 Å². The number of benzene rings is 2. The summed E-state index contributed by atoms with van der Waals surface area (Å²) in [6.45, 7) is 0.851. The fourth-order valence-corrected chi connectivity index (χ4v) is 3.26. The molecule has 1 heterocycles. The van der Waals surface area contributed by atoms with E-state index in [1.54, 1.807) is 12.4 Å². The number of nitrogens with zero attached hydrogens (tertiary/aromatic N) is 2. The summed E-state index contributed by atoms with van der Waals surface area (Å²) in [5.74, 6) is 1.26. The lowest BCUT2D eigenvalue weighted by Gasteiger charge is -2.09. The lowest BCUT2D eigenvalue weighted by molar-refractivity contribution is 0.0946. The first-order valence-corrected chi connectivity index (χ1v) is 9.20. The average molecular weight is 359 g/mol. The van der Waals surface area contributed by atoms with Crippen LogP contribution < -0.4 is 10.1 Å². The topological polar surface area (TPSA) is 64.1 Å². The third-order valence-corrected chi connectivity index (χ3v) is 4.67. The molecular formula is C22H21N3O2. The fourth-order valence-electron chi connectivity index (χ4n) is 3.26. The third-order valence-electron chi connectivity index (χ3n) is 4.67. The summed E-state index contributed by atoms with van der Waals surface area (Å²) in [6, 6.07) is 15.9. The van der Waals surface area contributed by atoms with E-state index in [0.29, 0.717) is 24.5 Å². The zero-order valence-corrected chi connectivity index (χ0v) is 15.0. The highest BCUT2D eigenvalue weighted by Crippen LogP contribution is 2.25. The van der Waals surface area contributed by atoms with E-state index in [0.717, 1.165) is 24.2 Å². The predicted octanol–water partition coefficient (Wildman–Crippen LogP) is 3.44. The van der Waals surface area contributed by atoms with Crippen LogP contribution in [0.15, 0.2) is 60.9 Å². The molecule has 27 heavy (non-hydrogen) atoms. The number of carbonyl (C=O) groups is 1. The van der Waals surface area contributed by atoms with Gasteiger partial charge in [-0.1, -0.05) is 36.4 Å². The van der Waals surface area contributed by atoms with Gasteiger partial charge in [0.1, 0.15) is 12.4 Å². The molecule has 0 bridgehead atoms. The van der Waals surface area contributed by atoms with E-state index in [1.165, 1.54) is 17.5 Å². The molecule has 1 aliphatic rings. The van der Waals surface area contributed by atoms with Gasteiger partial charge in [0.25, 0.3) is 5.91 Å². The van der Waals surface area contributed by atoms with Crippen molar-refractivity contribution in [2.45, 2.75) is 19.3 Å². The van der Waals surface area contributed by atoms with Gasteiger partial charge in [0.15, 0.2) is 5.82 Å². The molecule has 5 nitrogen and oxygen atoms in total. The van der Waals surface area contributed by atoms with E-state index < -0.39 is 0 Å². The highest BCUT2D eigenvalue weighted by atomic mass is 16.5. The number of rotatable bonds is 6. The number of carbonyl (C=O) groups excluding carboxylic acids is 1. The van der Waals surface area contributed by atoms with Crippen molar-refractivity contribution in [2.24, 2.45) is 0 Å². The van der Waals surface area contributed by atoms with Crippen LogP contribution in [0.25, 0.3) is 11.4 Å². The normalized spacial score (nSPS) is 12.4. The summed E-state index contributed by atoms with van der Waals surface area (Å²) < 4.78 is 5.75. The molecule has 136 valence electrons. The fraction of sp³-hybridized carbons (Fsp3) is 0.227. The Kier molecular flexibility index (Phi) is 5.10. The number of hydrogen-bond acceptors (Lipinski definition) is 4.